The van der Waals surface area contributed by atoms with Crippen molar-refractivity contribution in [2.24, 2.45) is 5.92 Å². The maximum absolute atomic E-state index is 12.5. The zero-order valence-electron chi connectivity index (χ0n) is 10.8. The van der Waals surface area contributed by atoms with Crippen molar-refractivity contribution >= 4 is 16.3 Å². The molecule has 1 aromatic carbocycles. The van der Waals surface area contributed by atoms with Gasteiger partial charge in [-0.05, 0) is 25.0 Å². The van der Waals surface area contributed by atoms with Crippen molar-refractivity contribution in [1.82, 2.24) is 4.31 Å². The van der Waals surface area contributed by atoms with Gasteiger partial charge in [-0.15, -0.1) is 0 Å². The van der Waals surface area contributed by atoms with E-state index in [0.717, 1.165) is 6.29 Å². The minimum Gasteiger partial charge on any atom is -0.495 e. The van der Waals surface area contributed by atoms with Crippen LogP contribution in [-0.2, 0) is 14.8 Å². The Morgan fingerprint density at radius 2 is 1.89 bits per heavy atom. The Balaban J connectivity index is 2.26. The van der Waals surface area contributed by atoms with E-state index in [-0.39, 0.29) is 10.8 Å². The summed E-state index contributed by atoms with van der Waals surface area (Å²) in [6, 6.07) is 6.58. The largest absolute Gasteiger partial charge is 0.495 e. The number of piperidine rings is 1. The van der Waals surface area contributed by atoms with Crippen LogP contribution in [0.3, 0.4) is 0 Å². The summed E-state index contributed by atoms with van der Waals surface area (Å²) in [6.45, 7) is 0.758. The summed E-state index contributed by atoms with van der Waals surface area (Å²) in [5, 5.41) is 0. The highest BCUT2D eigenvalue weighted by Gasteiger charge is 2.31. The molecule has 104 valence electrons. The molecule has 0 saturated carbocycles. The Kier molecular flexibility index (Phi) is 4.21. The lowest BCUT2D eigenvalue weighted by Crippen LogP contribution is -2.38. The lowest BCUT2D eigenvalue weighted by molar-refractivity contribution is -0.112. The van der Waals surface area contributed by atoms with Crippen molar-refractivity contribution in [2.45, 2.75) is 17.7 Å². The highest BCUT2D eigenvalue weighted by Crippen LogP contribution is 2.28. The number of sulfonamides is 1. The summed E-state index contributed by atoms with van der Waals surface area (Å²) < 4.78 is 31.6. The summed E-state index contributed by atoms with van der Waals surface area (Å²) in [7, 11) is -2.09. The molecule has 0 aliphatic carbocycles. The van der Waals surface area contributed by atoms with Gasteiger partial charge in [-0.1, -0.05) is 12.1 Å². The zero-order valence-corrected chi connectivity index (χ0v) is 11.6. The van der Waals surface area contributed by atoms with Crippen LogP contribution < -0.4 is 4.74 Å². The van der Waals surface area contributed by atoms with Crippen LogP contribution in [0, 0.1) is 5.92 Å². The van der Waals surface area contributed by atoms with Gasteiger partial charge in [0, 0.05) is 19.0 Å². The molecule has 0 spiro atoms. The molecule has 1 aliphatic rings. The molecule has 0 bridgehead atoms. The summed E-state index contributed by atoms with van der Waals surface area (Å²) in [5.41, 5.74) is 0. The second-order valence-electron chi connectivity index (χ2n) is 4.53. The van der Waals surface area contributed by atoms with Crippen LogP contribution in [0.5, 0.6) is 5.75 Å². The molecule has 0 unspecified atom stereocenters. The van der Waals surface area contributed by atoms with Gasteiger partial charge in [-0.3, -0.25) is 0 Å². The second-order valence-corrected chi connectivity index (χ2v) is 6.43. The van der Waals surface area contributed by atoms with E-state index in [1.807, 2.05) is 0 Å². The standard InChI is InChI=1S/C13H17NO4S/c1-18-12-4-2-3-5-13(12)19(16,17)14-8-6-11(10-15)7-9-14/h2-5,10-11H,6-9H2,1H3. The highest BCUT2D eigenvalue weighted by atomic mass is 32.2. The van der Waals surface area contributed by atoms with Crippen LogP contribution in [0.4, 0.5) is 0 Å². The molecular formula is C13H17NO4S. The van der Waals surface area contributed by atoms with E-state index in [1.54, 1.807) is 24.3 Å². The quantitative estimate of drug-likeness (QED) is 0.781. The molecule has 0 amide bonds. The molecule has 19 heavy (non-hydrogen) atoms. The Hall–Kier alpha value is -1.40. The Bertz CT molecular complexity index is 548. The molecule has 1 saturated heterocycles. The number of methoxy groups -OCH3 is 1. The number of nitrogens with zero attached hydrogens (tertiary/aromatic N) is 1. The molecule has 5 nitrogen and oxygen atoms in total. The van der Waals surface area contributed by atoms with Gasteiger partial charge >= 0.3 is 0 Å². The Labute approximate surface area is 113 Å². The van der Waals surface area contributed by atoms with E-state index >= 15 is 0 Å². The first-order chi connectivity index (χ1) is 9.09. The van der Waals surface area contributed by atoms with Crippen molar-refractivity contribution in [2.75, 3.05) is 20.2 Å². The lowest BCUT2D eigenvalue weighted by atomic mass is 10.0. The number of ether oxygens (including phenoxy) is 1. The molecule has 1 heterocycles. The first kappa shape index (κ1) is 14.0. The second kappa shape index (κ2) is 5.71. The number of hydrogen-bond donors (Lipinski definition) is 0. The molecule has 0 aromatic heterocycles. The predicted molar refractivity (Wildman–Crippen MR) is 70.5 cm³/mol. The van der Waals surface area contributed by atoms with Crippen LogP contribution in [0.2, 0.25) is 0 Å². The fourth-order valence-corrected chi connectivity index (χ4v) is 3.85. The number of benzene rings is 1. The highest BCUT2D eigenvalue weighted by molar-refractivity contribution is 7.89. The van der Waals surface area contributed by atoms with E-state index in [2.05, 4.69) is 0 Å². The van der Waals surface area contributed by atoms with E-state index < -0.39 is 10.0 Å². The summed E-state index contributed by atoms with van der Waals surface area (Å²) >= 11 is 0. The molecule has 1 aliphatic heterocycles. The lowest BCUT2D eigenvalue weighted by Gasteiger charge is -2.29. The number of para-hydroxylation sites is 1. The maximum atomic E-state index is 12.5. The topological polar surface area (TPSA) is 63.7 Å². The summed E-state index contributed by atoms with van der Waals surface area (Å²) in [5.74, 6) is 0.323. The number of carbonyl (C=O) groups is 1. The van der Waals surface area contributed by atoms with Gasteiger partial charge in [0.05, 0.1) is 7.11 Å². The van der Waals surface area contributed by atoms with Gasteiger partial charge in [0.2, 0.25) is 10.0 Å². The monoisotopic (exact) mass is 283 g/mol. The minimum absolute atomic E-state index is 0.0240. The van der Waals surface area contributed by atoms with Gasteiger partial charge in [0.1, 0.15) is 16.9 Å². The number of rotatable bonds is 4. The third-order valence-electron chi connectivity index (χ3n) is 3.38. The molecule has 2 rings (SSSR count). The third-order valence-corrected chi connectivity index (χ3v) is 5.32. The number of hydrogen-bond acceptors (Lipinski definition) is 4. The van der Waals surface area contributed by atoms with Crippen molar-refractivity contribution in [1.29, 1.82) is 0 Å². The molecule has 1 fully saturated rings. The summed E-state index contributed by atoms with van der Waals surface area (Å²) in [4.78, 5) is 10.9. The van der Waals surface area contributed by atoms with Crippen molar-refractivity contribution in [3.63, 3.8) is 0 Å². The molecule has 1 aromatic rings. The zero-order chi connectivity index (χ0) is 13.9. The molecular weight excluding hydrogens is 266 g/mol. The summed E-state index contributed by atoms with van der Waals surface area (Å²) in [6.07, 6.45) is 2.07. The Morgan fingerprint density at radius 1 is 1.26 bits per heavy atom. The molecule has 0 atom stereocenters. The van der Waals surface area contributed by atoms with Crippen LogP contribution in [-0.4, -0.2) is 39.2 Å². The maximum Gasteiger partial charge on any atom is 0.246 e. The average Bonchev–Trinajstić information content (AvgIpc) is 2.47. The SMILES string of the molecule is COc1ccccc1S(=O)(=O)N1CCC(C=O)CC1. The first-order valence-corrected chi connectivity index (χ1v) is 7.62. The fourth-order valence-electron chi connectivity index (χ4n) is 2.22. The van der Waals surface area contributed by atoms with Crippen molar-refractivity contribution in [3.05, 3.63) is 24.3 Å². The van der Waals surface area contributed by atoms with E-state index in [4.69, 9.17) is 4.74 Å². The normalized spacial score (nSPS) is 18.2. The van der Waals surface area contributed by atoms with Crippen LogP contribution in [0.25, 0.3) is 0 Å². The van der Waals surface area contributed by atoms with Gasteiger partial charge < -0.3 is 9.53 Å². The van der Waals surface area contributed by atoms with Gasteiger partial charge in [-0.25, -0.2) is 8.42 Å². The number of aldehydes is 1. The van der Waals surface area contributed by atoms with Crippen molar-refractivity contribution < 1.29 is 17.9 Å². The molecule has 6 heteroatoms. The predicted octanol–water partition coefficient (Wildman–Crippen LogP) is 1.29. The van der Waals surface area contributed by atoms with E-state index in [1.165, 1.54) is 11.4 Å². The van der Waals surface area contributed by atoms with Crippen LogP contribution in [0.15, 0.2) is 29.2 Å². The van der Waals surface area contributed by atoms with Gasteiger partial charge in [0.15, 0.2) is 0 Å². The van der Waals surface area contributed by atoms with Crippen LogP contribution in [0.1, 0.15) is 12.8 Å². The smallest absolute Gasteiger partial charge is 0.246 e. The molecule has 0 radical (unpaired) electrons. The van der Waals surface area contributed by atoms with Gasteiger partial charge in [-0.2, -0.15) is 4.31 Å². The number of carbonyl (C=O) groups excluding carboxylic acids is 1. The minimum atomic E-state index is -3.54. The average molecular weight is 283 g/mol. The first-order valence-electron chi connectivity index (χ1n) is 6.18. The van der Waals surface area contributed by atoms with Crippen LogP contribution >= 0.6 is 0 Å². The van der Waals surface area contributed by atoms with Gasteiger partial charge in [0.25, 0.3) is 0 Å². The Morgan fingerprint density at radius 3 is 2.47 bits per heavy atom. The third kappa shape index (κ3) is 2.79. The van der Waals surface area contributed by atoms with E-state index in [9.17, 15) is 13.2 Å². The van der Waals surface area contributed by atoms with Crippen molar-refractivity contribution in [3.8, 4) is 5.75 Å². The van der Waals surface area contributed by atoms with E-state index in [0.29, 0.717) is 31.7 Å². The fraction of sp³-hybridized carbons (Fsp3) is 0.462. The molecule has 0 N–H and O–H groups in total.